The lowest BCUT2D eigenvalue weighted by atomic mass is 9.78. The van der Waals surface area contributed by atoms with E-state index >= 15 is 0 Å². The lowest BCUT2D eigenvalue weighted by Crippen LogP contribution is -2.37. The van der Waals surface area contributed by atoms with Gasteiger partial charge in [0.2, 0.25) is 0 Å². The Morgan fingerprint density at radius 3 is 2.94 bits per heavy atom. The minimum Gasteiger partial charge on any atom is -0.388 e. The van der Waals surface area contributed by atoms with Gasteiger partial charge in [-0.05, 0) is 12.5 Å². The molecular formula is C12H15ClFNO2. The third-order valence-corrected chi connectivity index (χ3v) is 3.69. The predicted octanol–water partition coefficient (Wildman–Crippen LogP) is 1.88. The summed E-state index contributed by atoms with van der Waals surface area (Å²) in [5.41, 5.74) is 5.28. The molecule has 0 spiro atoms. The Kier molecular flexibility index (Phi) is 3.68. The van der Waals surface area contributed by atoms with Crippen molar-refractivity contribution < 1.29 is 14.2 Å². The highest BCUT2D eigenvalue weighted by molar-refractivity contribution is 6.30. The van der Waals surface area contributed by atoms with Gasteiger partial charge in [0.25, 0.3) is 0 Å². The summed E-state index contributed by atoms with van der Waals surface area (Å²) < 4.78 is 19.1. The highest BCUT2D eigenvalue weighted by Crippen LogP contribution is 2.41. The molecule has 1 aromatic carbocycles. The number of hydrogen-bond donors (Lipinski definition) is 2. The third-order valence-electron chi connectivity index (χ3n) is 3.40. The summed E-state index contributed by atoms with van der Waals surface area (Å²) in [5, 5.41) is 10.3. The molecule has 3 N–H and O–H groups in total. The fourth-order valence-corrected chi connectivity index (χ4v) is 2.35. The highest BCUT2D eigenvalue weighted by Gasteiger charge is 2.42. The molecule has 1 aromatic rings. The third kappa shape index (κ3) is 2.18. The van der Waals surface area contributed by atoms with Crippen LogP contribution in [-0.4, -0.2) is 24.9 Å². The van der Waals surface area contributed by atoms with E-state index in [0.29, 0.717) is 19.6 Å². The largest absolute Gasteiger partial charge is 0.388 e. The van der Waals surface area contributed by atoms with Crippen molar-refractivity contribution in [3.63, 3.8) is 0 Å². The molecule has 1 fully saturated rings. The van der Waals surface area contributed by atoms with Gasteiger partial charge in [-0.15, -0.1) is 0 Å². The van der Waals surface area contributed by atoms with E-state index in [9.17, 15) is 9.50 Å². The van der Waals surface area contributed by atoms with E-state index in [1.807, 2.05) is 0 Å². The SMILES string of the molecule is NCC1(C(O)c2cccc(Cl)c2F)CCOC1. The van der Waals surface area contributed by atoms with Crippen molar-refractivity contribution in [3.8, 4) is 0 Å². The fraction of sp³-hybridized carbons (Fsp3) is 0.500. The van der Waals surface area contributed by atoms with Gasteiger partial charge in [0, 0.05) is 24.1 Å². The van der Waals surface area contributed by atoms with Gasteiger partial charge in [-0.3, -0.25) is 0 Å². The van der Waals surface area contributed by atoms with Crippen molar-refractivity contribution in [1.29, 1.82) is 0 Å². The zero-order chi connectivity index (χ0) is 12.5. The van der Waals surface area contributed by atoms with Gasteiger partial charge in [0.1, 0.15) is 5.82 Å². The van der Waals surface area contributed by atoms with Crippen molar-refractivity contribution in [2.75, 3.05) is 19.8 Å². The summed E-state index contributed by atoms with van der Waals surface area (Å²) in [6, 6.07) is 4.60. The molecule has 0 saturated carbocycles. The first-order valence-corrected chi connectivity index (χ1v) is 5.88. The van der Waals surface area contributed by atoms with E-state index in [2.05, 4.69) is 0 Å². The predicted molar refractivity (Wildman–Crippen MR) is 63.3 cm³/mol. The van der Waals surface area contributed by atoms with Crippen LogP contribution in [0.4, 0.5) is 4.39 Å². The quantitative estimate of drug-likeness (QED) is 0.871. The van der Waals surface area contributed by atoms with Gasteiger partial charge in [-0.2, -0.15) is 0 Å². The monoisotopic (exact) mass is 259 g/mol. The summed E-state index contributed by atoms with van der Waals surface area (Å²) in [6.45, 7) is 1.13. The van der Waals surface area contributed by atoms with E-state index in [4.69, 9.17) is 22.1 Å². The van der Waals surface area contributed by atoms with Crippen molar-refractivity contribution in [1.82, 2.24) is 0 Å². The van der Waals surface area contributed by atoms with E-state index in [1.165, 1.54) is 12.1 Å². The van der Waals surface area contributed by atoms with Crippen LogP contribution in [0.15, 0.2) is 18.2 Å². The molecular weight excluding hydrogens is 245 g/mol. The molecule has 2 rings (SSSR count). The molecule has 0 aliphatic carbocycles. The summed E-state index contributed by atoms with van der Waals surface area (Å²) >= 11 is 5.70. The molecule has 0 aromatic heterocycles. The second-order valence-electron chi connectivity index (χ2n) is 4.41. The van der Waals surface area contributed by atoms with Gasteiger partial charge in [0.15, 0.2) is 0 Å². The van der Waals surface area contributed by atoms with Crippen LogP contribution in [0.1, 0.15) is 18.1 Å². The van der Waals surface area contributed by atoms with Gasteiger partial charge >= 0.3 is 0 Å². The number of ether oxygens (including phenoxy) is 1. The Morgan fingerprint density at radius 1 is 1.59 bits per heavy atom. The lowest BCUT2D eigenvalue weighted by molar-refractivity contribution is 0.0168. The van der Waals surface area contributed by atoms with Crippen molar-refractivity contribution in [3.05, 3.63) is 34.6 Å². The number of hydrogen-bond acceptors (Lipinski definition) is 3. The second-order valence-corrected chi connectivity index (χ2v) is 4.82. The molecule has 2 unspecified atom stereocenters. The Bertz CT molecular complexity index is 407. The van der Waals surface area contributed by atoms with Gasteiger partial charge in [-0.25, -0.2) is 4.39 Å². The van der Waals surface area contributed by atoms with Crippen molar-refractivity contribution in [2.24, 2.45) is 11.1 Å². The van der Waals surface area contributed by atoms with Crippen LogP contribution in [-0.2, 0) is 4.74 Å². The molecule has 2 atom stereocenters. The standard InChI is InChI=1S/C12H15ClFNO2/c13-9-3-1-2-8(10(9)14)11(16)12(6-15)4-5-17-7-12/h1-3,11,16H,4-7,15H2. The molecule has 5 heteroatoms. The van der Waals surface area contributed by atoms with Crippen LogP contribution in [0.3, 0.4) is 0 Å². The zero-order valence-electron chi connectivity index (χ0n) is 9.33. The zero-order valence-corrected chi connectivity index (χ0v) is 10.1. The van der Waals surface area contributed by atoms with E-state index < -0.39 is 17.3 Å². The Labute approximate surface area is 104 Å². The molecule has 0 bridgehead atoms. The van der Waals surface area contributed by atoms with E-state index in [1.54, 1.807) is 6.07 Å². The highest BCUT2D eigenvalue weighted by atomic mass is 35.5. The summed E-state index contributed by atoms with van der Waals surface area (Å²) in [7, 11) is 0. The van der Waals surface area contributed by atoms with Crippen LogP contribution < -0.4 is 5.73 Å². The first kappa shape index (κ1) is 12.8. The molecule has 94 valence electrons. The molecule has 0 amide bonds. The number of nitrogens with two attached hydrogens (primary N) is 1. The number of rotatable bonds is 3. The van der Waals surface area contributed by atoms with Crippen LogP contribution in [0.25, 0.3) is 0 Å². The molecule has 17 heavy (non-hydrogen) atoms. The molecule has 1 aliphatic heterocycles. The maximum atomic E-state index is 13.8. The average molecular weight is 260 g/mol. The molecule has 1 aliphatic rings. The topological polar surface area (TPSA) is 55.5 Å². The van der Waals surface area contributed by atoms with E-state index in [0.717, 1.165) is 0 Å². The Morgan fingerprint density at radius 2 is 2.35 bits per heavy atom. The van der Waals surface area contributed by atoms with Gasteiger partial charge < -0.3 is 15.6 Å². The lowest BCUT2D eigenvalue weighted by Gasteiger charge is -2.31. The van der Waals surface area contributed by atoms with Crippen LogP contribution in [0.2, 0.25) is 5.02 Å². The maximum Gasteiger partial charge on any atom is 0.147 e. The Hall–Kier alpha value is -0.680. The molecule has 1 saturated heterocycles. The average Bonchev–Trinajstić information content (AvgIpc) is 2.82. The minimum absolute atomic E-state index is 0.00707. The number of halogens is 2. The second kappa shape index (κ2) is 4.90. The fourth-order valence-electron chi connectivity index (χ4n) is 2.17. The van der Waals surface area contributed by atoms with Crippen LogP contribution in [0.5, 0.6) is 0 Å². The van der Waals surface area contributed by atoms with Crippen molar-refractivity contribution >= 4 is 11.6 Å². The summed E-state index contributed by atoms with van der Waals surface area (Å²) in [6.07, 6.45) is -0.370. The van der Waals surface area contributed by atoms with Gasteiger partial charge in [-0.1, -0.05) is 23.7 Å². The minimum atomic E-state index is -0.992. The van der Waals surface area contributed by atoms with Crippen LogP contribution >= 0.6 is 11.6 Å². The van der Waals surface area contributed by atoms with Crippen LogP contribution in [0, 0.1) is 11.2 Å². The first-order valence-electron chi connectivity index (χ1n) is 5.50. The normalized spacial score (nSPS) is 26.1. The summed E-state index contributed by atoms with van der Waals surface area (Å²) in [4.78, 5) is 0. The Balaban J connectivity index is 2.35. The maximum absolute atomic E-state index is 13.8. The number of aliphatic hydroxyl groups is 1. The van der Waals surface area contributed by atoms with Gasteiger partial charge in [0.05, 0.1) is 17.7 Å². The first-order chi connectivity index (χ1) is 8.10. The summed E-state index contributed by atoms with van der Waals surface area (Å²) in [5.74, 6) is -0.582. The number of aliphatic hydroxyl groups excluding tert-OH is 1. The smallest absolute Gasteiger partial charge is 0.147 e. The van der Waals surface area contributed by atoms with Crippen molar-refractivity contribution in [2.45, 2.75) is 12.5 Å². The molecule has 3 nitrogen and oxygen atoms in total. The molecule has 1 heterocycles. The number of benzene rings is 1. The molecule has 0 radical (unpaired) electrons. The van der Waals surface area contributed by atoms with E-state index in [-0.39, 0.29) is 17.1 Å².